The number of pyridine rings is 1. The van der Waals surface area contributed by atoms with Crippen LogP contribution in [0.25, 0.3) is 0 Å². The highest BCUT2D eigenvalue weighted by Gasteiger charge is 2.30. The number of sulfonamides is 1. The van der Waals surface area contributed by atoms with Crippen LogP contribution in [-0.2, 0) is 20.6 Å². The summed E-state index contributed by atoms with van der Waals surface area (Å²) in [6.07, 6.45) is 2.93. The Hall–Kier alpha value is -0.690. The number of halogens is 1. The molecule has 1 aliphatic heterocycles. The van der Waals surface area contributed by atoms with Crippen LogP contribution in [0.5, 0.6) is 0 Å². The van der Waals surface area contributed by atoms with Gasteiger partial charge in [0.1, 0.15) is 0 Å². The molecule has 0 atom stereocenters. The zero-order valence-electron chi connectivity index (χ0n) is 10.8. The van der Waals surface area contributed by atoms with Crippen molar-refractivity contribution in [3.05, 3.63) is 23.9 Å². The molecule has 2 rings (SSSR count). The Kier molecular flexibility index (Phi) is 4.78. The minimum atomic E-state index is -3.54. The molecule has 0 N–H and O–H groups in total. The first kappa shape index (κ1) is 14.7. The van der Waals surface area contributed by atoms with E-state index < -0.39 is 10.0 Å². The zero-order valence-corrected chi connectivity index (χ0v) is 12.3. The molecule has 1 aliphatic rings. The maximum atomic E-state index is 12.4. The predicted octanol–water partition coefficient (Wildman–Crippen LogP) is 1.62. The molecule has 0 radical (unpaired) electrons. The number of aromatic nitrogens is 1. The van der Waals surface area contributed by atoms with Crippen molar-refractivity contribution in [1.29, 1.82) is 0 Å². The Morgan fingerprint density at radius 1 is 1.42 bits per heavy atom. The molecule has 0 aromatic carbocycles. The van der Waals surface area contributed by atoms with Crippen molar-refractivity contribution < 1.29 is 13.2 Å². The molecule has 5 nitrogen and oxygen atoms in total. The largest absolute Gasteiger partial charge is 0.381 e. The average molecular weight is 305 g/mol. The molecular weight excluding hydrogens is 288 g/mol. The van der Waals surface area contributed by atoms with Gasteiger partial charge in [-0.15, -0.1) is 11.6 Å². The molecule has 19 heavy (non-hydrogen) atoms. The van der Waals surface area contributed by atoms with Gasteiger partial charge >= 0.3 is 0 Å². The monoisotopic (exact) mass is 304 g/mol. The third kappa shape index (κ3) is 3.25. The lowest BCUT2D eigenvalue weighted by Gasteiger charge is -2.30. The maximum Gasteiger partial charge on any atom is 0.260 e. The third-order valence-corrected chi connectivity index (χ3v) is 5.44. The molecule has 1 aromatic heterocycles. The van der Waals surface area contributed by atoms with Crippen LogP contribution in [0.3, 0.4) is 0 Å². The average Bonchev–Trinajstić information content (AvgIpc) is 2.47. The van der Waals surface area contributed by atoms with Gasteiger partial charge in [-0.2, -0.15) is 4.31 Å². The molecule has 0 bridgehead atoms. The first-order chi connectivity index (χ1) is 9.05. The van der Waals surface area contributed by atoms with Gasteiger partial charge in [-0.25, -0.2) is 13.4 Å². The van der Waals surface area contributed by atoms with Crippen molar-refractivity contribution in [2.45, 2.75) is 29.8 Å². The van der Waals surface area contributed by atoms with E-state index in [1.165, 1.54) is 16.6 Å². The summed E-state index contributed by atoms with van der Waals surface area (Å²) in [5, 5.41) is 0.0651. The van der Waals surface area contributed by atoms with E-state index in [9.17, 15) is 8.42 Å². The molecule has 0 spiro atoms. The van der Waals surface area contributed by atoms with Crippen molar-refractivity contribution in [1.82, 2.24) is 9.29 Å². The summed E-state index contributed by atoms with van der Waals surface area (Å²) in [5.74, 6) is 0.323. The van der Waals surface area contributed by atoms with Gasteiger partial charge in [0.15, 0.2) is 5.03 Å². The number of rotatable bonds is 4. The fourth-order valence-corrected chi connectivity index (χ4v) is 3.52. The van der Waals surface area contributed by atoms with E-state index >= 15 is 0 Å². The fourth-order valence-electron chi connectivity index (χ4n) is 2.04. The number of nitrogens with zero attached hydrogens (tertiary/aromatic N) is 2. The third-order valence-electron chi connectivity index (χ3n) is 3.30. The summed E-state index contributed by atoms with van der Waals surface area (Å²) in [6.45, 7) is 1.20. The fraction of sp³-hybridized carbons (Fsp3) is 0.583. The van der Waals surface area contributed by atoms with Crippen LogP contribution in [0.15, 0.2) is 23.4 Å². The van der Waals surface area contributed by atoms with Crippen molar-refractivity contribution >= 4 is 21.6 Å². The van der Waals surface area contributed by atoms with Gasteiger partial charge in [-0.05, 0) is 24.5 Å². The Balaban J connectivity index is 2.19. The lowest BCUT2D eigenvalue weighted by molar-refractivity contribution is 0.0631. The Morgan fingerprint density at radius 2 is 2.11 bits per heavy atom. The molecule has 0 amide bonds. The highest BCUT2D eigenvalue weighted by molar-refractivity contribution is 7.89. The lowest BCUT2D eigenvalue weighted by Crippen LogP contribution is -2.40. The molecule has 0 unspecified atom stereocenters. The normalized spacial score (nSPS) is 17.8. The van der Waals surface area contributed by atoms with Gasteiger partial charge in [0.25, 0.3) is 10.0 Å². The maximum absolute atomic E-state index is 12.4. The van der Waals surface area contributed by atoms with Crippen molar-refractivity contribution in [2.75, 3.05) is 20.3 Å². The lowest BCUT2D eigenvalue weighted by atomic mass is 10.1. The molecule has 1 aromatic rings. The van der Waals surface area contributed by atoms with Gasteiger partial charge in [0.2, 0.25) is 0 Å². The van der Waals surface area contributed by atoms with E-state index in [0.29, 0.717) is 19.1 Å². The van der Waals surface area contributed by atoms with Gasteiger partial charge < -0.3 is 4.74 Å². The van der Waals surface area contributed by atoms with E-state index in [-0.39, 0.29) is 11.1 Å². The van der Waals surface area contributed by atoms with Crippen molar-refractivity contribution in [3.63, 3.8) is 0 Å². The molecule has 0 aliphatic carbocycles. The Labute approximate surface area is 118 Å². The summed E-state index contributed by atoms with van der Waals surface area (Å²) in [5.41, 5.74) is 0.800. The topological polar surface area (TPSA) is 59.5 Å². The van der Waals surface area contributed by atoms with Crippen molar-refractivity contribution in [3.8, 4) is 0 Å². The van der Waals surface area contributed by atoms with E-state index in [4.69, 9.17) is 16.3 Å². The Morgan fingerprint density at radius 3 is 2.63 bits per heavy atom. The second kappa shape index (κ2) is 6.17. The minimum absolute atomic E-state index is 0.0201. The van der Waals surface area contributed by atoms with E-state index in [2.05, 4.69) is 4.98 Å². The molecular formula is C12H17ClN2O3S. The van der Waals surface area contributed by atoms with Crippen LogP contribution in [0, 0.1) is 0 Å². The second-order valence-corrected chi connectivity index (χ2v) is 6.71. The van der Waals surface area contributed by atoms with Crippen LogP contribution >= 0.6 is 11.6 Å². The van der Waals surface area contributed by atoms with E-state index in [1.807, 2.05) is 0 Å². The summed E-state index contributed by atoms with van der Waals surface area (Å²) in [4.78, 5) is 3.99. The van der Waals surface area contributed by atoms with Crippen LogP contribution < -0.4 is 0 Å². The number of alkyl halides is 1. The van der Waals surface area contributed by atoms with Crippen LogP contribution in [-0.4, -0.2) is 44.0 Å². The molecule has 0 saturated carbocycles. The van der Waals surface area contributed by atoms with E-state index in [0.717, 1.165) is 18.4 Å². The molecule has 7 heteroatoms. The summed E-state index contributed by atoms with van der Waals surface area (Å²) in [7, 11) is -1.94. The summed E-state index contributed by atoms with van der Waals surface area (Å²) < 4.78 is 31.5. The van der Waals surface area contributed by atoms with Gasteiger partial charge in [0, 0.05) is 38.4 Å². The summed E-state index contributed by atoms with van der Waals surface area (Å²) >= 11 is 5.66. The first-order valence-corrected chi connectivity index (χ1v) is 8.10. The Bertz CT molecular complexity index is 512. The van der Waals surface area contributed by atoms with Gasteiger partial charge in [-0.1, -0.05) is 6.07 Å². The van der Waals surface area contributed by atoms with Gasteiger partial charge in [0.05, 0.1) is 0 Å². The van der Waals surface area contributed by atoms with Crippen LogP contribution in [0.4, 0.5) is 0 Å². The molecule has 1 fully saturated rings. The van der Waals surface area contributed by atoms with E-state index in [1.54, 1.807) is 13.1 Å². The molecule has 106 valence electrons. The van der Waals surface area contributed by atoms with Crippen LogP contribution in [0.1, 0.15) is 18.4 Å². The minimum Gasteiger partial charge on any atom is -0.381 e. The molecule has 1 saturated heterocycles. The number of ether oxygens (including phenoxy) is 1. The first-order valence-electron chi connectivity index (χ1n) is 6.12. The zero-order chi connectivity index (χ0) is 13.9. The van der Waals surface area contributed by atoms with Gasteiger partial charge in [-0.3, -0.25) is 0 Å². The smallest absolute Gasteiger partial charge is 0.260 e. The predicted molar refractivity (Wildman–Crippen MR) is 72.6 cm³/mol. The SMILES string of the molecule is CN(C1CCOCC1)S(=O)(=O)c1ccc(CCl)cn1. The van der Waals surface area contributed by atoms with Crippen molar-refractivity contribution in [2.24, 2.45) is 0 Å². The highest BCUT2D eigenvalue weighted by atomic mass is 35.5. The van der Waals surface area contributed by atoms with Crippen LogP contribution in [0.2, 0.25) is 0 Å². The second-order valence-electron chi connectivity index (χ2n) is 4.50. The number of hydrogen-bond acceptors (Lipinski definition) is 4. The highest BCUT2D eigenvalue weighted by Crippen LogP contribution is 2.20. The standard InChI is InChI=1S/C12H17ClN2O3S/c1-15(11-4-6-18-7-5-11)19(16,17)12-3-2-10(8-13)9-14-12/h2-3,9,11H,4-8H2,1H3. The molecule has 2 heterocycles. The number of hydrogen-bond donors (Lipinski definition) is 0. The quantitative estimate of drug-likeness (QED) is 0.793. The summed E-state index contributed by atoms with van der Waals surface area (Å²) in [6, 6.07) is 3.17.